The quantitative estimate of drug-likeness (QED) is 0.0507. The van der Waals surface area contributed by atoms with Gasteiger partial charge in [0.2, 0.25) is 35.4 Å². The van der Waals surface area contributed by atoms with Gasteiger partial charge in [-0.1, -0.05) is 0 Å². The van der Waals surface area contributed by atoms with Gasteiger partial charge in [-0.2, -0.15) is 0 Å². The van der Waals surface area contributed by atoms with Crippen molar-refractivity contribution in [2.24, 2.45) is 0 Å². The van der Waals surface area contributed by atoms with Crippen molar-refractivity contribution in [2.75, 3.05) is 62.3 Å². The zero-order valence-electron chi connectivity index (χ0n) is 43.6. The number of amides is 9. The lowest BCUT2D eigenvalue weighted by molar-refractivity contribution is -0.130. The van der Waals surface area contributed by atoms with Gasteiger partial charge in [-0.25, -0.2) is 0 Å². The number of benzene rings is 3. The van der Waals surface area contributed by atoms with Crippen LogP contribution in [0.1, 0.15) is 90.4 Å². The Labute approximate surface area is 435 Å². The van der Waals surface area contributed by atoms with Crippen molar-refractivity contribution < 1.29 is 71.6 Å². The van der Waals surface area contributed by atoms with Crippen LogP contribution in [0.5, 0.6) is 34.5 Å². The lowest BCUT2D eigenvalue weighted by Gasteiger charge is -2.37. The normalized spacial score (nSPS) is 15.9. The second kappa shape index (κ2) is 29.4. The second-order valence-electron chi connectivity index (χ2n) is 17.5. The van der Waals surface area contributed by atoms with Gasteiger partial charge in [0.05, 0.1) is 42.7 Å². The Kier molecular flexibility index (Phi) is 23.2. The number of carbonyl (C=O) groups is 9. The van der Waals surface area contributed by atoms with Crippen molar-refractivity contribution >= 4 is 53.2 Å². The summed E-state index contributed by atoms with van der Waals surface area (Å²) >= 11 is 0. The molecule has 24 heteroatoms. The van der Waals surface area contributed by atoms with Crippen LogP contribution in [0.4, 0.5) is 0 Å². The van der Waals surface area contributed by atoms with E-state index in [9.17, 15) is 43.2 Å². The van der Waals surface area contributed by atoms with Crippen molar-refractivity contribution in [1.29, 1.82) is 0 Å². The summed E-state index contributed by atoms with van der Waals surface area (Å²) in [5.74, 6) is -2.61. The van der Waals surface area contributed by atoms with E-state index in [1.807, 2.05) is 0 Å². The molecule has 0 heterocycles. The summed E-state index contributed by atoms with van der Waals surface area (Å²) in [5.41, 5.74) is 0.693. The Morgan fingerprint density at radius 2 is 0.600 bits per heavy atom. The van der Waals surface area contributed by atoms with E-state index in [-0.39, 0.29) is 74.8 Å². The van der Waals surface area contributed by atoms with Crippen LogP contribution >= 0.6 is 0 Å². The minimum Gasteiger partial charge on any atom is -0.497 e. The Morgan fingerprint density at radius 1 is 0.387 bits per heavy atom. The van der Waals surface area contributed by atoms with E-state index in [4.69, 9.17) is 28.4 Å². The number of ether oxygens (including phenoxy) is 6. The van der Waals surface area contributed by atoms with Gasteiger partial charge in [-0.15, -0.1) is 0 Å². The van der Waals surface area contributed by atoms with E-state index < -0.39 is 89.4 Å². The topological polar surface area (TPSA) is 317 Å². The van der Waals surface area contributed by atoms with E-state index in [0.29, 0.717) is 34.5 Å². The zero-order chi connectivity index (χ0) is 55.2. The standard InChI is InChI=1S/C51H69N9O15/c1-28(61)55-43(10-13-52-46(64)31-16-37(70-4)25-38(17-31)71-5)49(67)58-34-22-35(59-50(68)44(56-29(2)62)11-14-53-47(65)32-18-39(72-6)26-40(19-32)73-7)24-36(23-34)60-51(69)45(57-30(3)63)12-15-54-48(66)33-20-41(74-8)27-42(21-33)75-9/h16-21,25-27,34-36,43-45H,10-15,22-24H2,1-9H3,(H,52,64)(H,53,65)(H,54,66)(H,55,61)(H,56,62)(H,57,63)(H,58,67)(H,59,68)(H,60,69)/t34-,35+,36-,43-,44-,45?/m0/s1. The number of hydrogen-bond donors (Lipinski definition) is 9. The first kappa shape index (κ1) is 59.3. The molecular formula is C51H69N9O15. The molecule has 0 radical (unpaired) electrons. The van der Waals surface area contributed by atoms with Gasteiger partial charge in [0.15, 0.2) is 0 Å². The summed E-state index contributed by atoms with van der Waals surface area (Å²) in [6.07, 6.45) is 0.275. The van der Waals surface area contributed by atoms with Crippen LogP contribution < -0.4 is 76.3 Å². The van der Waals surface area contributed by atoms with Crippen molar-refractivity contribution in [3.8, 4) is 34.5 Å². The third-order valence-electron chi connectivity index (χ3n) is 11.8. The van der Waals surface area contributed by atoms with Crippen molar-refractivity contribution in [2.45, 2.75) is 95.5 Å². The van der Waals surface area contributed by atoms with Gasteiger partial charge < -0.3 is 76.3 Å². The molecule has 1 aliphatic carbocycles. The molecule has 9 N–H and O–H groups in total. The highest BCUT2D eigenvalue weighted by Gasteiger charge is 2.35. The highest BCUT2D eigenvalue weighted by Crippen LogP contribution is 2.25. The van der Waals surface area contributed by atoms with Crippen LogP contribution in [0.25, 0.3) is 0 Å². The van der Waals surface area contributed by atoms with Gasteiger partial charge >= 0.3 is 0 Å². The Bertz CT molecular complexity index is 2180. The molecule has 1 saturated carbocycles. The predicted octanol–water partition coefficient (Wildman–Crippen LogP) is 0.651. The predicted molar refractivity (Wildman–Crippen MR) is 272 cm³/mol. The fourth-order valence-corrected chi connectivity index (χ4v) is 8.23. The minimum absolute atomic E-state index is 0.0358. The molecule has 1 fully saturated rings. The average molecular weight is 1050 g/mol. The molecule has 0 aliphatic heterocycles. The molecule has 6 atom stereocenters. The highest BCUT2D eigenvalue weighted by atomic mass is 16.5. The molecular weight excluding hydrogens is 979 g/mol. The Balaban J connectivity index is 1.52. The molecule has 9 amide bonds. The molecule has 0 saturated heterocycles. The first-order valence-corrected chi connectivity index (χ1v) is 24.0. The molecule has 0 spiro atoms. The minimum atomic E-state index is -1.14. The number of hydrogen-bond acceptors (Lipinski definition) is 15. The van der Waals surface area contributed by atoms with E-state index in [2.05, 4.69) is 47.9 Å². The van der Waals surface area contributed by atoms with Crippen LogP contribution in [0.15, 0.2) is 54.6 Å². The van der Waals surface area contributed by atoms with Crippen LogP contribution in [-0.2, 0) is 28.8 Å². The molecule has 4 rings (SSSR count). The van der Waals surface area contributed by atoms with Gasteiger partial charge in [0, 0.05) is 93.4 Å². The SMILES string of the molecule is COc1cc(OC)cc(C(=O)NCCC(NC(C)=O)C(=O)N[C@H]2C[C@@H](NC(=O)[C@H](CCNC(=O)c3cc(OC)cc(OC)c3)NC(C)=O)C[C@@H](NC(=O)[C@H](CCNC(=O)c3cc(OC)cc(OC)c3)NC(C)=O)C2)c1. The number of nitrogens with one attached hydrogen (secondary N) is 9. The van der Waals surface area contributed by atoms with E-state index in [0.717, 1.165) is 0 Å². The molecule has 75 heavy (non-hydrogen) atoms. The maximum absolute atomic E-state index is 14.0. The average Bonchev–Trinajstić information content (AvgIpc) is 3.38. The van der Waals surface area contributed by atoms with E-state index in [1.165, 1.54) is 99.8 Å². The third kappa shape index (κ3) is 19.2. The number of carbonyl (C=O) groups excluding carboxylic acids is 9. The van der Waals surface area contributed by atoms with Crippen LogP contribution in [0.2, 0.25) is 0 Å². The van der Waals surface area contributed by atoms with Crippen molar-refractivity contribution in [1.82, 2.24) is 47.9 Å². The zero-order valence-corrected chi connectivity index (χ0v) is 43.6. The van der Waals surface area contributed by atoms with Gasteiger partial charge in [-0.05, 0) is 74.9 Å². The summed E-state index contributed by atoms with van der Waals surface area (Å²) < 4.78 is 31.6. The molecule has 1 unspecified atom stereocenters. The van der Waals surface area contributed by atoms with Crippen LogP contribution in [-0.4, -0.2) is 152 Å². The number of methoxy groups -OCH3 is 6. The smallest absolute Gasteiger partial charge is 0.251 e. The molecule has 3 aromatic carbocycles. The molecule has 24 nitrogen and oxygen atoms in total. The fourth-order valence-electron chi connectivity index (χ4n) is 8.23. The molecule has 0 aromatic heterocycles. The molecule has 3 aromatic rings. The lowest BCUT2D eigenvalue weighted by atomic mass is 9.86. The second-order valence-corrected chi connectivity index (χ2v) is 17.5. The first-order chi connectivity index (χ1) is 35.8. The van der Waals surface area contributed by atoms with Crippen molar-refractivity contribution in [3.63, 3.8) is 0 Å². The first-order valence-electron chi connectivity index (χ1n) is 24.0. The summed E-state index contributed by atoms with van der Waals surface area (Å²) in [7, 11) is 8.66. The third-order valence-corrected chi connectivity index (χ3v) is 11.8. The van der Waals surface area contributed by atoms with Crippen molar-refractivity contribution in [3.05, 3.63) is 71.3 Å². The molecule has 0 bridgehead atoms. The van der Waals surface area contributed by atoms with Gasteiger partial charge in [0.1, 0.15) is 52.6 Å². The Hall–Kier alpha value is -8.31. The van der Waals surface area contributed by atoms with Gasteiger partial charge in [-0.3, -0.25) is 43.2 Å². The van der Waals surface area contributed by atoms with Crippen LogP contribution in [0, 0.1) is 0 Å². The highest BCUT2D eigenvalue weighted by molar-refractivity contribution is 5.97. The Morgan fingerprint density at radius 3 is 0.787 bits per heavy atom. The summed E-state index contributed by atoms with van der Waals surface area (Å²) in [5, 5.41) is 24.9. The summed E-state index contributed by atoms with van der Waals surface area (Å²) in [4.78, 5) is 119. The fraction of sp³-hybridized carbons (Fsp3) is 0.471. The summed E-state index contributed by atoms with van der Waals surface area (Å²) in [6.45, 7) is 3.57. The lowest BCUT2D eigenvalue weighted by Crippen LogP contribution is -2.59. The maximum Gasteiger partial charge on any atom is 0.251 e. The van der Waals surface area contributed by atoms with Gasteiger partial charge in [0.25, 0.3) is 17.7 Å². The summed E-state index contributed by atoms with van der Waals surface area (Å²) in [6, 6.07) is 8.24. The van der Waals surface area contributed by atoms with Crippen LogP contribution in [0.3, 0.4) is 0 Å². The maximum atomic E-state index is 14.0. The number of rotatable bonds is 27. The molecule has 408 valence electrons. The monoisotopic (exact) mass is 1050 g/mol. The van der Waals surface area contributed by atoms with E-state index in [1.54, 1.807) is 18.2 Å². The van der Waals surface area contributed by atoms with E-state index >= 15 is 0 Å². The molecule has 1 aliphatic rings. The largest absolute Gasteiger partial charge is 0.497 e.